The van der Waals surface area contributed by atoms with Crippen LogP contribution in [0.15, 0.2) is 54.6 Å². The number of carbonyl (C=O) groups is 1. The van der Waals surface area contributed by atoms with Gasteiger partial charge in [-0.1, -0.05) is 43.3 Å². The van der Waals surface area contributed by atoms with Crippen LogP contribution in [0.1, 0.15) is 41.7 Å². The molecule has 1 fully saturated rings. The SMILES string of the molecule is CCCNC(=O)c1cccc(N(C)[C@H](CN2CC[C@H](OCOC)C2)c2ccccc2)c1. The van der Waals surface area contributed by atoms with Crippen molar-refractivity contribution in [3.05, 3.63) is 65.7 Å². The molecule has 2 aromatic rings. The first-order chi connectivity index (χ1) is 15.1. The second-order valence-electron chi connectivity index (χ2n) is 8.09. The number of carbonyl (C=O) groups excluding carboxylic acids is 1. The van der Waals surface area contributed by atoms with Gasteiger partial charge in [0.2, 0.25) is 0 Å². The van der Waals surface area contributed by atoms with Crippen molar-refractivity contribution in [1.29, 1.82) is 0 Å². The largest absolute Gasteiger partial charge is 0.366 e. The third kappa shape index (κ3) is 6.53. The number of nitrogens with one attached hydrogen (secondary N) is 1. The van der Waals surface area contributed by atoms with Crippen LogP contribution in [-0.4, -0.2) is 64.0 Å². The molecule has 0 radical (unpaired) electrons. The Bertz CT molecular complexity index is 815. The van der Waals surface area contributed by atoms with Gasteiger partial charge in [-0.3, -0.25) is 9.69 Å². The van der Waals surface area contributed by atoms with Crippen molar-refractivity contribution in [3.8, 4) is 0 Å². The van der Waals surface area contributed by atoms with Gasteiger partial charge < -0.3 is 19.7 Å². The summed E-state index contributed by atoms with van der Waals surface area (Å²) >= 11 is 0. The minimum Gasteiger partial charge on any atom is -0.366 e. The zero-order valence-corrected chi connectivity index (χ0v) is 18.9. The van der Waals surface area contributed by atoms with E-state index in [0.29, 0.717) is 18.9 Å². The summed E-state index contributed by atoms with van der Waals surface area (Å²) in [4.78, 5) is 17.2. The average molecular weight is 426 g/mol. The number of hydrogen-bond acceptors (Lipinski definition) is 5. The summed E-state index contributed by atoms with van der Waals surface area (Å²) in [5.41, 5.74) is 2.98. The normalized spacial score (nSPS) is 17.5. The lowest BCUT2D eigenvalue weighted by Crippen LogP contribution is -2.36. The fourth-order valence-electron chi connectivity index (χ4n) is 4.02. The van der Waals surface area contributed by atoms with Crippen molar-refractivity contribution >= 4 is 11.6 Å². The van der Waals surface area contributed by atoms with E-state index in [2.05, 4.69) is 59.4 Å². The molecule has 3 rings (SSSR count). The highest BCUT2D eigenvalue weighted by Crippen LogP contribution is 2.28. The third-order valence-corrected chi connectivity index (χ3v) is 5.78. The molecule has 0 spiro atoms. The fraction of sp³-hybridized carbons (Fsp3) is 0.480. The molecule has 1 aliphatic rings. The van der Waals surface area contributed by atoms with Gasteiger partial charge in [0.25, 0.3) is 5.91 Å². The number of amides is 1. The van der Waals surface area contributed by atoms with Crippen LogP contribution >= 0.6 is 0 Å². The molecule has 31 heavy (non-hydrogen) atoms. The lowest BCUT2D eigenvalue weighted by molar-refractivity contribution is -0.0671. The van der Waals surface area contributed by atoms with Crippen molar-refractivity contribution in [2.45, 2.75) is 31.9 Å². The zero-order chi connectivity index (χ0) is 22.1. The van der Waals surface area contributed by atoms with Crippen LogP contribution in [0.5, 0.6) is 0 Å². The second kappa shape index (κ2) is 11.8. The monoisotopic (exact) mass is 425 g/mol. The maximum absolute atomic E-state index is 12.5. The zero-order valence-electron chi connectivity index (χ0n) is 18.9. The molecule has 0 bridgehead atoms. The Labute approximate surface area is 186 Å². The van der Waals surface area contributed by atoms with Gasteiger partial charge in [-0.25, -0.2) is 0 Å². The molecule has 0 aliphatic carbocycles. The van der Waals surface area contributed by atoms with Crippen LogP contribution in [-0.2, 0) is 9.47 Å². The maximum Gasteiger partial charge on any atom is 0.251 e. The number of ether oxygens (including phenoxy) is 2. The van der Waals surface area contributed by atoms with Crippen LogP contribution in [0.25, 0.3) is 0 Å². The molecule has 1 saturated heterocycles. The molecule has 1 N–H and O–H groups in total. The predicted molar refractivity (Wildman–Crippen MR) is 124 cm³/mol. The Morgan fingerprint density at radius 3 is 2.77 bits per heavy atom. The third-order valence-electron chi connectivity index (χ3n) is 5.78. The van der Waals surface area contributed by atoms with Gasteiger partial charge in [0.15, 0.2) is 0 Å². The molecule has 6 heteroatoms. The number of benzene rings is 2. The van der Waals surface area contributed by atoms with Crippen molar-refractivity contribution < 1.29 is 14.3 Å². The first-order valence-corrected chi connectivity index (χ1v) is 11.1. The number of hydrogen-bond donors (Lipinski definition) is 1. The van der Waals surface area contributed by atoms with Crippen LogP contribution in [0.2, 0.25) is 0 Å². The summed E-state index contributed by atoms with van der Waals surface area (Å²) in [7, 11) is 3.76. The predicted octanol–water partition coefficient (Wildman–Crippen LogP) is 3.70. The minimum atomic E-state index is -0.0222. The summed E-state index contributed by atoms with van der Waals surface area (Å²) < 4.78 is 10.8. The number of nitrogens with zero attached hydrogens (tertiary/aromatic N) is 2. The molecule has 0 unspecified atom stereocenters. The van der Waals surface area contributed by atoms with Crippen molar-refractivity contribution in [2.75, 3.05) is 52.0 Å². The quantitative estimate of drug-likeness (QED) is 0.557. The minimum absolute atomic E-state index is 0.0222. The van der Waals surface area contributed by atoms with E-state index in [1.807, 2.05) is 24.3 Å². The van der Waals surface area contributed by atoms with Crippen molar-refractivity contribution in [3.63, 3.8) is 0 Å². The summed E-state index contributed by atoms with van der Waals surface area (Å²) in [5, 5.41) is 2.97. The summed E-state index contributed by atoms with van der Waals surface area (Å²) in [5.74, 6) is -0.0222. The Kier molecular flexibility index (Phi) is 8.88. The van der Waals surface area contributed by atoms with E-state index in [4.69, 9.17) is 9.47 Å². The number of likely N-dealkylation sites (tertiary alicyclic amines) is 1. The van der Waals surface area contributed by atoms with Gasteiger partial charge >= 0.3 is 0 Å². The van der Waals surface area contributed by atoms with Gasteiger partial charge in [0, 0.05) is 51.6 Å². The van der Waals surface area contributed by atoms with Gasteiger partial charge in [-0.15, -0.1) is 0 Å². The van der Waals surface area contributed by atoms with Crippen LogP contribution < -0.4 is 10.2 Å². The van der Waals surface area contributed by atoms with E-state index in [-0.39, 0.29) is 18.1 Å². The molecule has 0 aromatic heterocycles. The Morgan fingerprint density at radius 1 is 1.23 bits per heavy atom. The van der Waals surface area contributed by atoms with Gasteiger partial charge in [0.05, 0.1) is 12.1 Å². The first kappa shape index (κ1) is 23.3. The highest BCUT2D eigenvalue weighted by atomic mass is 16.7. The average Bonchev–Trinajstić information content (AvgIpc) is 3.27. The molecular formula is C25H35N3O3. The summed E-state index contributed by atoms with van der Waals surface area (Å²) in [6, 6.07) is 18.6. The maximum atomic E-state index is 12.5. The number of anilines is 1. The van der Waals surface area contributed by atoms with E-state index >= 15 is 0 Å². The standard InChI is InChI=1S/C25H35N3O3/c1-4-14-26-25(29)21-11-8-12-22(16-21)27(2)24(20-9-6-5-7-10-20)18-28-15-13-23(17-28)31-19-30-3/h5-12,16,23-24H,4,13-15,17-19H2,1-3H3,(H,26,29)/t23-,24+/m0/s1. The molecular weight excluding hydrogens is 390 g/mol. The van der Waals surface area contributed by atoms with E-state index in [1.165, 1.54) is 5.56 Å². The molecule has 6 nitrogen and oxygen atoms in total. The van der Waals surface area contributed by atoms with Crippen LogP contribution in [0.4, 0.5) is 5.69 Å². The van der Waals surface area contributed by atoms with Gasteiger partial charge in [-0.2, -0.15) is 0 Å². The van der Waals surface area contributed by atoms with Gasteiger partial charge in [-0.05, 0) is 36.6 Å². The lowest BCUT2D eigenvalue weighted by atomic mass is 10.0. The molecule has 1 heterocycles. The first-order valence-electron chi connectivity index (χ1n) is 11.1. The highest BCUT2D eigenvalue weighted by molar-refractivity contribution is 5.95. The molecule has 2 atom stereocenters. The van der Waals surface area contributed by atoms with Crippen molar-refractivity contribution in [2.24, 2.45) is 0 Å². The molecule has 1 amide bonds. The number of methoxy groups -OCH3 is 1. The Balaban J connectivity index is 1.76. The Morgan fingerprint density at radius 2 is 2.03 bits per heavy atom. The molecule has 0 saturated carbocycles. The van der Waals surface area contributed by atoms with Crippen LogP contribution in [0, 0.1) is 0 Å². The highest BCUT2D eigenvalue weighted by Gasteiger charge is 2.28. The molecule has 2 aromatic carbocycles. The van der Waals surface area contributed by atoms with E-state index in [0.717, 1.165) is 38.2 Å². The topological polar surface area (TPSA) is 54.0 Å². The lowest BCUT2D eigenvalue weighted by Gasteiger charge is -2.34. The van der Waals surface area contributed by atoms with E-state index < -0.39 is 0 Å². The van der Waals surface area contributed by atoms with Gasteiger partial charge in [0.1, 0.15) is 6.79 Å². The Hall–Kier alpha value is -2.41. The van der Waals surface area contributed by atoms with Crippen molar-refractivity contribution in [1.82, 2.24) is 10.2 Å². The van der Waals surface area contributed by atoms with E-state index in [9.17, 15) is 4.79 Å². The molecule has 168 valence electrons. The number of rotatable bonds is 11. The van der Waals surface area contributed by atoms with Crippen LogP contribution in [0.3, 0.4) is 0 Å². The summed E-state index contributed by atoms with van der Waals surface area (Å²) in [6.07, 6.45) is 2.15. The van der Waals surface area contributed by atoms with E-state index in [1.54, 1.807) is 7.11 Å². The number of likely N-dealkylation sites (N-methyl/N-ethyl adjacent to an activating group) is 1. The smallest absolute Gasteiger partial charge is 0.251 e. The second-order valence-corrected chi connectivity index (χ2v) is 8.09. The summed E-state index contributed by atoms with van der Waals surface area (Å²) in [6.45, 7) is 5.88. The molecule has 1 aliphatic heterocycles. The fourth-order valence-corrected chi connectivity index (χ4v) is 4.02.